The molecule has 2 aromatic heterocycles. The second-order valence-corrected chi connectivity index (χ2v) is 3.64. The normalized spacial score (nSPS) is 12.2. The highest BCUT2D eigenvalue weighted by Gasteiger charge is 2.12. The number of nitrogens with zero attached hydrogens (tertiary/aromatic N) is 3. The first-order valence-electron chi connectivity index (χ1n) is 5.26. The molecular formula is C11H14N4O2. The van der Waals surface area contributed by atoms with E-state index in [2.05, 4.69) is 20.4 Å². The summed E-state index contributed by atoms with van der Waals surface area (Å²) >= 11 is 0. The summed E-state index contributed by atoms with van der Waals surface area (Å²) in [5.41, 5.74) is 0.870. The Bertz CT molecular complexity index is 480. The minimum atomic E-state index is -0.0635. The molecule has 0 saturated heterocycles. The number of hydrogen-bond acceptors (Lipinski definition) is 6. The van der Waals surface area contributed by atoms with Crippen LogP contribution in [0.5, 0.6) is 5.88 Å². The Kier molecular flexibility index (Phi) is 3.22. The lowest BCUT2D eigenvalue weighted by Crippen LogP contribution is -2.07. The molecule has 2 aromatic rings. The van der Waals surface area contributed by atoms with Crippen molar-refractivity contribution in [3.05, 3.63) is 30.0 Å². The molecule has 0 aromatic carbocycles. The number of methoxy groups -OCH3 is 1. The number of hydrogen-bond donors (Lipinski definition) is 1. The van der Waals surface area contributed by atoms with Crippen molar-refractivity contribution in [2.45, 2.75) is 19.9 Å². The van der Waals surface area contributed by atoms with Crippen molar-refractivity contribution < 1.29 is 9.26 Å². The van der Waals surface area contributed by atoms with E-state index in [0.29, 0.717) is 17.6 Å². The number of ether oxygens (including phenoxy) is 1. The number of aryl methyl sites for hydroxylation is 1. The maximum Gasteiger partial charge on any atom is 0.248 e. The molecule has 0 radical (unpaired) electrons. The summed E-state index contributed by atoms with van der Waals surface area (Å²) in [5, 5.41) is 6.95. The quantitative estimate of drug-likeness (QED) is 0.871. The minimum Gasteiger partial charge on any atom is -0.481 e. The van der Waals surface area contributed by atoms with Crippen LogP contribution in [0.1, 0.15) is 24.7 Å². The van der Waals surface area contributed by atoms with Crippen LogP contribution in [0, 0.1) is 6.92 Å². The third kappa shape index (κ3) is 2.72. The molecule has 0 aliphatic carbocycles. The van der Waals surface area contributed by atoms with Crippen LogP contribution >= 0.6 is 0 Å². The molecule has 0 bridgehead atoms. The van der Waals surface area contributed by atoms with Crippen LogP contribution in [-0.4, -0.2) is 22.2 Å². The molecule has 0 aliphatic rings. The summed E-state index contributed by atoms with van der Waals surface area (Å²) in [4.78, 5) is 8.25. The molecule has 2 rings (SSSR count). The van der Waals surface area contributed by atoms with Crippen molar-refractivity contribution in [3.8, 4) is 5.88 Å². The highest BCUT2D eigenvalue weighted by atomic mass is 16.5. The summed E-state index contributed by atoms with van der Waals surface area (Å²) in [6.45, 7) is 3.73. The van der Waals surface area contributed by atoms with Gasteiger partial charge in [-0.3, -0.25) is 0 Å². The second kappa shape index (κ2) is 4.82. The van der Waals surface area contributed by atoms with Crippen LogP contribution in [0.25, 0.3) is 0 Å². The lowest BCUT2D eigenvalue weighted by atomic mass is 10.3. The van der Waals surface area contributed by atoms with Gasteiger partial charge >= 0.3 is 0 Å². The summed E-state index contributed by atoms with van der Waals surface area (Å²) in [7, 11) is 1.58. The van der Waals surface area contributed by atoms with E-state index >= 15 is 0 Å². The Balaban J connectivity index is 2.04. The molecule has 0 saturated carbocycles. The Morgan fingerprint density at radius 3 is 2.76 bits per heavy atom. The Labute approximate surface area is 99.0 Å². The van der Waals surface area contributed by atoms with Crippen LogP contribution in [0.2, 0.25) is 0 Å². The van der Waals surface area contributed by atoms with Gasteiger partial charge in [-0.2, -0.15) is 4.98 Å². The zero-order chi connectivity index (χ0) is 12.3. The maximum absolute atomic E-state index is 5.07. The van der Waals surface area contributed by atoms with E-state index in [4.69, 9.17) is 9.26 Å². The van der Waals surface area contributed by atoms with Gasteiger partial charge < -0.3 is 14.6 Å². The van der Waals surface area contributed by atoms with Crippen LogP contribution in [0.3, 0.4) is 0 Å². The highest BCUT2D eigenvalue weighted by Crippen LogP contribution is 2.18. The van der Waals surface area contributed by atoms with Crippen LogP contribution in [0.15, 0.2) is 22.9 Å². The number of rotatable bonds is 4. The van der Waals surface area contributed by atoms with Gasteiger partial charge in [0.05, 0.1) is 19.0 Å². The summed E-state index contributed by atoms with van der Waals surface area (Å²) in [6.07, 6.45) is 1.69. The van der Waals surface area contributed by atoms with Crippen LogP contribution in [-0.2, 0) is 0 Å². The van der Waals surface area contributed by atoms with Gasteiger partial charge in [-0.1, -0.05) is 5.16 Å². The molecule has 6 heteroatoms. The molecule has 2 heterocycles. The fourth-order valence-electron chi connectivity index (χ4n) is 1.39. The van der Waals surface area contributed by atoms with E-state index in [1.807, 2.05) is 13.0 Å². The van der Waals surface area contributed by atoms with Gasteiger partial charge in [-0.05, 0) is 19.9 Å². The van der Waals surface area contributed by atoms with Gasteiger partial charge in [0.1, 0.15) is 6.04 Å². The molecule has 17 heavy (non-hydrogen) atoms. The van der Waals surface area contributed by atoms with Crippen molar-refractivity contribution in [2.75, 3.05) is 12.4 Å². The van der Waals surface area contributed by atoms with E-state index in [1.165, 1.54) is 0 Å². The third-order valence-corrected chi connectivity index (χ3v) is 2.24. The predicted octanol–water partition coefficient (Wildman–Crippen LogP) is 1.95. The molecule has 0 amide bonds. The van der Waals surface area contributed by atoms with Gasteiger partial charge in [0.25, 0.3) is 0 Å². The van der Waals surface area contributed by atoms with Gasteiger partial charge in [0.15, 0.2) is 5.82 Å². The average molecular weight is 234 g/mol. The Hall–Kier alpha value is -2.11. The van der Waals surface area contributed by atoms with E-state index in [0.717, 1.165) is 5.69 Å². The number of nitrogens with one attached hydrogen (secondary N) is 1. The number of aromatic nitrogens is 3. The van der Waals surface area contributed by atoms with Crippen molar-refractivity contribution in [2.24, 2.45) is 0 Å². The van der Waals surface area contributed by atoms with E-state index in [-0.39, 0.29) is 6.04 Å². The third-order valence-electron chi connectivity index (χ3n) is 2.24. The SMILES string of the molecule is COc1ccc(N[C@@H](C)c2nc(C)no2)cn1. The molecule has 90 valence electrons. The minimum absolute atomic E-state index is 0.0635. The van der Waals surface area contributed by atoms with E-state index < -0.39 is 0 Å². The number of anilines is 1. The maximum atomic E-state index is 5.07. The van der Waals surface area contributed by atoms with Crippen molar-refractivity contribution in [3.63, 3.8) is 0 Å². The smallest absolute Gasteiger partial charge is 0.248 e. The Morgan fingerprint density at radius 1 is 1.41 bits per heavy atom. The molecule has 0 fully saturated rings. The lowest BCUT2D eigenvalue weighted by molar-refractivity contribution is 0.364. The van der Waals surface area contributed by atoms with Gasteiger partial charge in [-0.15, -0.1) is 0 Å². The van der Waals surface area contributed by atoms with Gasteiger partial charge in [0, 0.05) is 6.07 Å². The summed E-state index contributed by atoms with van der Waals surface area (Å²) in [5.74, 6) is 1.76. The number of pyridine rings is 1. The monoisotopic (exact) mass is 234 g/mol. The van der Waals surface area contributed by atoms with E-state index in [1.54, 1.807) is 26.3 Å². The average Bonchev–Trinajstić information content (AvgIpc) is 2.77. The largest absolute Gasteiger partial charge is 0.481 e. The van der Waals surface area contributed by atoms with Crippen molar-refractivity contribution in [1.29, 1.82) is 0 Å². The first-order chi connectivity index (χ1) is 8.19. The van der Waals surface area contributed by atoms with Crippen LogP contribution < -0.4 is 10.1 Å². The first kappa shape index (κ1) is 11.4. The molecule has 0 spiro atoms. The zero-order valence-electron chi connectivity index (χ0n) is 9.97. The topological polar surface area (TPSA) is 73.1 Å². The molecule has 0 unspecified atom stereocenters. The standard InChI is InChI=1S/C11H14N4O2/c1-7(11-14-8(2)15-17-11)13-9-4-5-10(16-3)12-6-9/h4-7,13H,1-3H3/t7-/m0/s1. The Morgan fingerprint density at radius 2 is 2.24 bits per heavy atom. The molecule has 1 N–H and O–H groups in total. The molecule has 6 nitrogen and oxygen atoms in total. The van der Waals surface area contributed by atoms with Gasteiger partial charge in [0.2, 0.25) is 11.8 Å². The molecule has 1 atom stereocenters. The highest BCUT2D eigenvalue weighted by molar-refractivity contribution is 5.43. The molecule has 0 aliphatic heterocycles. The summed E-state index contributed by atoms with van der Waals surface area (Å²) in [6, 6.07) is 3.60. The summed E-state index contributed by atoms with van der Waals surface area (Å²) < 4.78 is 10.1. The molecular weight excluding hydrogens is 220 g/mol. The fourth-order valence-corrected chi connectivity index (χ4v) is 1.39. The van der Waals surface area contributed by atoms with Gasteiger partial charge in [-0.25, -0.2) is 4.98 Å². The van der Waals surface area contributed by atoms with Crippen molar-refractivity contribution >= 4 is 5.69 Å². The zero-order valence-corrected chi connectivity index (χ0v) is 9.97. The predicted molar refractivity (Wildman–Crippen MR) is 61.9 cm³/mol. The van der Waals surface area contributed by atoms with E-state index in [9.17, 15) is 0 Å². The fraction of sp³-hybridized carbons (Fsp3) is 0.364. The lowest BCUT2D eigenvalue weighted by Gasteiger charge is -2.10. The van der Waals surface area contributed by atoms with Crippen LogP contribution in [0.4, 0.5) is 5.69 Å². The first-order valence-corrected chi connectivity index (χ1v) is 5.26. The van der Waals surface area contributed by atoms with Crippen molar-refractivity contribution in [1.82, 2.24) is 15.1 Å². The second-order valence-electron chi connectivity index (χ2n) is 3.64.